The maximum atomic E-state index is 12.7. The first-order chi connectivity index (χ1) is 9.41. The molecule has 0 aliphatic heterocycles. The fraction of sp³-hybridized carbons (Fsp3) is 0.0714. The minimum Gasteiger partial charge on any atom is -0.455 e. The van der Waals surface area contributed by atoms with Crippen LogP contribution in [0.4, 0.5) is 13.2 Å². The molecular weight excluding hydrogens is 337 g/mol. The topological polar surface area (TPSA) is 26.3 Å². The van der Waals surface area contributed by atoms with Crippen molar-refractivity contribution < 1.29 is 22.7 Å². The van der Waals surface area contributed by atoms with Crippen molar-refractivity contribution >= 4 is 22.2 Å². The Morgan fingerprint density at radius 3 is 2.35 bits per heavy atom. The Morgan fingerprint density at radius 2 is 1.75 bits per heavy atom. The molecule has 0 fully saturated rings. The molecule has 20 heavy (non-hydrogen) atoms. The summed E-state index contributed by atoms with van der Waals surface area (Å²) in [6.07, 6.45) is -4.04. The lowest BCUT2D eigenvalue weighted by Gasteiger charge is -2.12. The van der Waals surface area contributed by atoms with Crippen molar-refractivity contribution in [2.75, 3.05) is 0 Å². The van der Waals surface area contributed by atoms with Gasteiger partial charge in [0.1, 0.15) is 11.5 Å². The molecular formula is C14H8BrF3O2. The van der Waals surface area contributed by atoms with Gasteiger partial charge in [0.05, 0.1) is 15.6 Å². The molecule has 0 heterocycles. The van der Waals surface area contributed by atoms with Crippen LogP contribution in [0.15, 0.2) is 46.9 Å². The maximum Gasteiger partial charge on any atom is 0.416 e. The van der Waals surface area contributed by atoms with Crippen molar-refractivity contribution in [3.8, 4) is 11.5 Å². The van der Waals surface area contributed by atoms with Crippen LogP contribution in [0.1, 0.15) is 15.9 Å². The molecule has 0 saturated heterocycles. The third-order valence-electron chi connectivity index (χ3n) is 2.52. The number of ether oxygens (including phenoxy) is 1. The number of carbonyl (C=O) groups excluding carboxylic acids is 1. The zero-order valence-corrected chi connectivity index (χ0v) is 11.5. The molecule has 0 unspecified atom stereocenters. The van der Waals surface area contributed by atoms with Crippen LogP contribution in [0.5, 0.6) is 11.5 Å². The van der Waals surface area contributed by atoms with Crippen molar-refractivity contribution in [3.05, 3.63) is 58.1 Å². The van der Waals surface area contributed by atoms with E-state index in [0.29, 0.717) is 16.5 Å². The molecule has 2 aromatic rings. The van der Waals surface area contributed by atoms with Gasteiger partial charge in [-0.2, -0.15) is 13.2 Å². The number of rotatable bonds is 3. The van der Waals surface area contributed by atoms with Gasteiger partial charge in [0.2, 0.25) is 0 Å². The molecule has 0 radical (unpaired) electrons. The Labute approximate surface area is 121 Å². The summed E-state index contributed by atoms with van der Waals surface area (Å²) in [6.45, 7) is 0. The van der Waals surface area contributed by atoms with Gasteiger partial charge in [-0.15, -0.1) is 0 Å². The Bertz CT molecular complexity index is 639. The van der Waals surface area contributed by atoms with Gasteiger partial charge in [-0.1, -0.05) is 12.1 Å². The fourth-order valence-corrected chi connectivity index (χ4v) is 1.91. The molecule has 0 atom stereocenters. The highest BCUT2D eigenvalue weighted by Crippen LogP contribution is 2.36. The summed E-state index contributed by atoms with van der Waals surface area (Å²) >= 11 is 3.22. The molecule has 0 aromatic heterocycles. The summed E-state index contributed by atoms with van der Waals surface area (Å²) in [6, 6.07) is 9.42. The number of benzene rings is 2. The number of para-hydroxylation sites is 1. The maximum absolute atomic E-state index is 12.7. The fourth-order valence-electron chi connectivity index (χ4n) is 1.54. The first-order valence-corrected chi connectivity index (χ1v) is 6.30. The van der Waals surface area contributed by atoms with Crippen LogP contribution < -0.4 is 4.74 Å². The number of carbonyl (C=O) groups is 1. The lowest BCUT2D eigenvalue weighted by molar-refractivity contribution is -0.137. The van der Waals surface area contributed by atoms with E-state index in [1.54, 1.807) is 24.3 Å². The minimum atomic E-state index is -4.49. The molecule has 6 heteroatoms. The predicted octanol–water partition coefficient (Wildman–Crippen LogP) is 5.07. The van der Waals surface area contributed by atoms with Crippen molar-refractivity contribution in [1.82, 2.24) is 0 Å². The van der Waals surface area contributed by atoms with Gasteiger partial charge < -0.3 is 4.74 Å². The molecule has 2 aromatic carbocycles. The summed E-state index contributed by atoms with van der Waals surface area (Å²) in [5, 5.41) is 0. The van der Waals surface area contributed by atoms with Crippen LogP contribution in [0, 0.1) is 0 Å². The van der Waals surface area contributed by atoms with Crippen molar-refractivity contribution in [2.24, 2.45) is 0 Å². The number of aldehydes is 1. The quantitative estimate of drug-likeness (QED) is 0.726. The van der Waals surface area contributed by atoms with E-state index >= 15 is 0 Å². The van der Waals surface area contributed by atoms with Gasteiger partial charge in [0, 0.05) is 0 Å². The highest BCUT2D eigenvalue weighted by Gasteiger charge is 2.31. The predicted molar refractivity (Wildman–Crippen MR) is 71.0 cm³/mol. The van der Waals surface area contributed by atoms with E-state index in [9.17, 15) is 18.0 Å². The molecule has 2 nitrogen and oxygen atoms in total. The van der Waals surface area contributed by atoms with E-state index in [1.165, 1.54) is 0 Å². The molecule has 0 saturated carbocycles. The monoisotopic (exact) mass is 344 g/mol. The Balaban J connectivity index is 2.44. The average Bonchev–Trinajstić information content (AvgIpc) is 2.40. The molecule has 0 aliphatic rings. The highest BCUT2D eigenvalue weighted by molar-refractivity contribution is 9.10. The SMILES string of the molecule is O=Cc1ccc(C(F)(F)F)cc1Oc1ccccc1Br. The smallest absolute Gasteiger partial charge is 0.416 e. The van der Waals surface area contributed by atoms with E-state index in [-0.39, 0.29) is 11.3 Å². The third kappa shape index (κ3) is 3.19. The summed E-state index contributed by atoms with van der Waals surface area (Å²) in [5.41, 5.74) is -0.820. The normalized spacial score (nSPS) is 11.2. The number of hydrogen-bond acceptors (Lipinski definition) is 2. The Morgan fingerprint density at radius 1 is 1.05 bits per heavy atom. The summed E-state index contributed by atoms with van der Waals surface area (Å²) in [7, 11) is 0. The van der Waals surface area contributed by atoms with Crippen LogP contribution >= 0.6 is 15.9 Å². The van der Waals surface area contributed by atoms with E-state index in [1.807, 2.05) is 0 Å². The summed E-state index contributed by atoms with van der Waals surface area (Å²) in [4.78, 5) is 10.9. The van der Waals surface area contributed by atoms with Gasteiger partial charge in [0.25, 0.3) is 0 Å². The average molecular weight is 345 g/mol. The van der Waals surface area contributed by atoms with Crippen LogP contribution in [-0.2, 0) is 6.18 Å². The van der Waals surface area contributed by atoms with Crippen molar-refractivity contribution in [2.45, 2.75) is 6.18 Å². The molecule has 0 bridgehead atoms. The summed E-state index contributed by atoms with van der Waals surface area (Å²) in [5.74, 6) is 0.191. The van der Waals surface area contributed by atoms with E-state index < -0.39 is 11.7 Å². The molecule has 104 valence electrons. The molecule has 0 N–H and O–H groups in total. The van der Waals surface area contributed by atoms with Crippen molar-refractivity contribution in [1.29, 1.82) is 0 Å². The third-order valence-corrected chi connectivity index (χ3v) is 3.18. The van der Waals surface area contributed by atoms with Crippen LogP contribution in [0.25, 0.3) is 0 Å². The van der Waals surface area contributed by atoms with E-state index in [2.05, 4.69) is 15.9 Å². The molecule has 0 amide bonds. The second kappa shape index (κ2) is 5.66. The number of halogens is 4. The van der Waals surface area contributed by atoms with Crippen LogP contribution in [-0.4, -0.2) is 6.29 Å². The summed E-state index contributed by atoms with van der Waals surface area (Å²) < 4.78 is 44.0. The number of alkyl halides is 3. The van der Waals surface area contributed by atoms with Gasteiger partial charge in [-0.05, 0) is 46.3 Å². The van der Waals surface area contributed by atoms with E-state index in [0.717, 1.165) is 18.2 Å². The Kier molecular flexibility index (Phi) is 4.13. The van der Waals surface area contributed by atoms with Crippen LogP contribution in [0.2, 0.25) is 0 Å². The zero-order valence-electron chi connectivity index (χ0n) is 9.95. The lowest BCUT2D eigenvalue weighted by Crippen LogP contribution is -2.05. The first-order valence-electron chi connectivity index (χ1n) is 5.50. The molecule has 0 aliphatic carbocycles. The van der Waals surface area contributed by atoms with Crippen LogP contribution in [0.3, 0.4) is 0 Å². The van der Waals surface area contributed by atoms with Crippen molar-refractivity contribution in [3.63, 3.8) is 0 Å². The zero-order chi connectivity index (χ0) is 14.8. The molecule has 0 spiro atoms. The van der Waals surface area contributed by atoms with Gasteiger partial charge in [-0.25, -0.2) is 0 Å². The minimum absolute atomic E-state index is 0.0498. The largest absolute Gasteiger partial charge is 0.455 e. The highest BCUT2D eigenvalue weighted by atomic mass is 79.9. The molecule has 2 rings (SSSR count). The first kappa shape index (κ1) is 14.6. The lowest BCUT2D eigenvalue weighted by atomic mass is 10.1. The van der Waals surface area contributed by atoms with Gasteiger partial charge >= 0.3 is 6.18 Å². The second-order valence-corrected chi connectivity index (χ2v) is 4.76. The standard InChI is InChI=1S/C14H8BrF3O2/c15-11-3-1-2-4-12(11)20-13-7-10(14(16,17)18)6-5-9(13)8-19/h1-8H. The number of hydrogen-bond donors (Lipinski definition) is 0. The second-order valence-electron chi connectivity index (χ2n) is 3.90. The van der Waals surface area contributed by atoms with Gasteiger partial charge in [0.15, 0.2) is 6.29 Å². The Hall–Kier alpha value is -1.82. The van der Waals surface area contributed by atoms with E-state index in [4.69, 9.17) is 4.74 Å². The van der Waals surface area contributed by atoms with Gasteiger partial charge in [-0.3, -0.25) is 4.79 Å².